The summed E-state index contributed by atoms with van der Waals surface area (Å²) < 4.78 is 27.3. The van der Waals surface area contributed by atoms with E-state index < -0.39 is 10.0 Å². The van der Waals surface area contributed by atoms with E-state index >= 15 is 0 Å². The van der Waals surface area contributed by atoms with Crippen LogP contribution < -0.4 is 0 Å². The molecule has 0 unspecified atom stereocenters. The molecule has 0 saturated carbocycles. The third-order valence-corrected chi connectivity index (χ3v) is 8.51. The minimum atomic E-state index is -3.61. The predicted molar refractivity (Wildman–Crippen MR) is 126 cm³/mol. The van der Waals surface area contributed by atoms with Crippen molar-refractivity contribution in [1.82, 2.24) is 14.1 Å². The minimum absolute atomic E-state index is 0.124. The van der Waals surface area contributed by atoms with Crippen molar-refractivity contribution in [2.45, 2.75) is 31.2 Å². The Morgan fingerprint density at radius 1 is 1.00 bits per heavy atom. The van der Waals surface area contributed by atoms with Crippen LogP contribution in [-0.4, -0.2) is 67.7 Å². The number of amides is 1. The van der Waals surface area contributed by atoms with Crippen LogP contribution >= 0.6 is 0 Å². The highest BCUT2D eigenvalue weighted by Gasteiger charge is 2.34. The van der Waals surface area contributed by atoms with Crippen molar-refractivity contribution < 1.29 is 13.2 Å². The van der Waals surface area contributed by atoms with Crippen LogP contribution in [0.25, 0.3) is 0 Å². The summed E-state index contributed by atoms with van der Waals surface area (Å²) in [6, 6.07) is 16.5. The van der Waals surface area contributed by atoms with E-state index in [2.05, 4.69) is 36.1 Å². The Kier molecular flexibility index (Phi) is 7.13. The molecule has 0 N–H and O–H groups in total. The first-order chi connectivity index (χ1) is 15.9. The Labute approximate surface area is 196 Å². The van der Waals surface area contributed by atoms with Gasteiger partial charge in [-0.2, -0.15) is 9.57 Å². The maximum Gasteiger partial charge on any atom is 0.243 e. The summed E-state index contributed by atoms with van der Waals surface area (Å²) >= 11 is 0. The molecule has 2 aliphatic rings. The molecule has 0 aliphatic carbocycles. The molecular weight excluding hydrogens is 436 g/mol. The zero-order valence-electron chi connectivity index (χ0n) is 19.0. The lowest BCUT2D eigenvalue weighted by Crippen LogP contribution is -2.51. The summed E-state index contributed by atoms with van der Waals surface area (Å²) in [4.78, 5) is 17.6. The number of nitriles is 1. The van der Waals surface area contributed by atoms with Crippen LogP contribution in [0, 0.1) is 24.2 Å². The lowest BCUT2D eigenvalue weighted by atomic mass is 9.96. The highest BCUT2D eigenvalue weighted by molar-refractivity contribution is 7.89. The number of piperidine rings is 1. The third kappa shape index (κ3) is 5.44. The second-order valence-corrected chi connectivity index (χ2v) is 10.8. The van der Waals surface area contributed by atoms with Crippen molar-refractivity contribution >= 4 is 15.9 Å². The number of carbonyl (C=O) groups is 1. The molecule has 33 heavy (non-hydrogen) atoms. The number of piperazine rings is 1. The van der Waals surface area contributed by atoms with Gasteiger partial charge >= 0.3 is 0 Å². The Balaban J connectivity index is 1.27. The first-order valence-corrected chi connectivity index (χ1v) is 12.9. The zero-order valence-corrected chi connectivity index (χ0v) is 19.8. The van der Waals surface area contributed by atoms with Crippen LogP contribution in [0.1, 0.15) is 29.5 Å². The standard InChI is InChI=1S/C25H30N4O3S/c1-20-3-2-4-22(17-20)19-27-13-15-28(16-14-27)25(30)23-9-11-29(12-10-23)33(31,32)24-7-5-21(18-26)6-8-24/h2-8,17,23H,9-16,19H2,1H3. The fourth-order valence-corrected chi connectivity index (χ4v) is 6.12. The first-order valence-electron chi connectivity index (χ1n) is 11.4. The molecule has 0 aromatic heterocycles. The number of aryl methyl sites for hydroxylation is 1. The number of benzene rings is 2. The molecule has 4 rings (SSSR count). The quantitative estimate of drug-likeness (QED) is 0.676. The van der Waals surface area contributed by atoms with Gasteiger partial charge in [-0.15, -0.1) is 0 Å². The van der Waals surface area contributed by atoms with Crippen molar-refractivity contribution in [3.05, 3.63) is 65.2 Å². The summed E-state index contributed by atoms with van der Waals surface area (Å²) in [6.07, 6.45) is 1.08. The van der Waals surface area contributed by atoms with E-state index in [4.69, 9.17) is 5.26 Å². The smallest absolute Gasteiger partial charge is 0.243 e. The summed E-state index contributed by atoms with van der Waals surface area (Å²) in [6.45, 7) is 6.81. The Morgan fingerprint density at radius 3 is 2.27 bits per heavy atom. The van der Waals surface area contributed by atoms with Crippen molar-refractivity contribution in [2.75, 3.05) is 39.3 Å². The van der Waals surface area contributed by atoms with E-state index in [0.717, 1.165) is 19.6 Å². The number of carbonyl (C=O) groups excluding carboxylic acids is 1. The average Bonchev–Trinajstić information content (AvgIpc) is 2.84. The van der Waals surface area contributed by atoms with Gasteiger partial charge in [0.15, 0.2) is 0 Å². The van der Waals surface area contributed by atoms with Gasteiger partial charge in [-0.25, -0.2) is 8.42 Å². The van der Waals surface area contributed by atoms with Gasteiger partial charge in [-0.3, -0.25) is 9.69 Å². The number of sulfonamides is 1. The second-order valence-electron chi connectivity index (χ2n) is 8.91. The minimum Gasteiger partial charge on any atom is -0.340 e. The molecule has 1 amide bonds. The van der Waals surface area contributed by atoms with Crippen LogP contribution in [-0.2, 0) is 21.4 Å². The van der Waals surface area contributed by atoms with Gasteiger partial charge in [-0.1, -0.05) is 29.8 Å². The van der Waals surface area contributed by atoms with Crippen molar-refractivity contribution in [3.63, 3.8) is 0 Å². The lowest BCUT2D eigenvalue weighted by Gasteiger charge is -2.38. The molecule has 8 heteroatoms. The molecule has 0 bridgehead atoms. The van der Waals surface area contributed by atoms with Gasteiger partial charge in [0.1, 0.15) is 0 Å². The largest absolute Gasteiger partial charge is 0.340 e. The number of rotatable bonds is 5. The normalized spacial score (nSPS) is 18.7. The average molecular weight is 467 g/mol. The molecule has 0 radical (unpaired) electrons. The number of hydrogen-bond donors (Lipinski definition) is 0. The summed E-state index contributed by atoms with van der Waals surface area (Å²) in [5.41, 5.74) is 2.98. The summed E-state index contributed by atoms with van der Waals surface area (Å²) in [7, 11) is -3.61. The summed E-state index contributed by atoms with van der Waals surface area (Å²) in [5.74, 6) is 0.0290. The number of hydrogen-bond acceptors (Lipinski definition) is 5. The highest BCUT2D eigenvalue weighted by Crippen LogP contribution is 2.26. The Bertz CT molecular complexity index is 1120. The van der Waals surface area contributed by atoms with Crippen LogP contribution in [0.4, 0.5) is 0 Å². The SMILES string of the molecule is Cc1cccc(CN2CCN(C(=O)C3CCN(S(=O)(=O)c4ccc(C#N)cc4)CC3)CC2)c1. The fourth-order valence-electron chi connectivity index (χ4n) is 4.65. The monoisotopic (exact) mass is 466 g/mol. The first kappa shape index (κ1) is 23.4. The van der Waals surface area contributed by atoms with Gasteiger partial charge in [0.25, 0.3) is 0 Å². The van der Waals surface area contributed by atoms with Gasteiger partial charge < -0.3 is 4.90 Å². The molecule has 2 aromatic rings. The topological polar surface area (TPSA) is 84.7 Å². The molecule has 2 saturated heterocycles. The summed E-state index contributed by atoms with van der Waals surface area (Å²) in [5, 5.41) is 8.91. The maximum absolute atomic E-state index is 13.1. The van der Waals surface area contributed by atoms with E-state index in [0.29, 0.717) is 44.6 Å². The van der Waals surface area contributed by atoms with Crippen LogP contribution in [0.2, 0.25) is 0 Å². The molecule has 0 atom stereocenters. The Morgan fingerprint density at radius 2 is 1.67 bits per heavy atom. The number of nitrogens with zero attached hydrogens (tertiary/aromatic N) is 4. The second kappa shape index (κ2) is 10.0. The van der Waals surface area contributed by atoms with Gasteiger partial charge in [0.2, 0.25) is 15.9 Å². The van der Waals surface area contributed by atoms with Gasteiger partial charge in [-0.05, 0) is 49.6 Å². The molecule has 2 aliphatic heterocycles. The highest BCUT2D eigenvalue weighted by atomic mass is 32.2. The predicted octanol–water partition coefficient (Wildman–Crippen LogP) is 2.61. The molecule has 2 aromatic carbocycles. The van der Waals surface area contributed by atoms with E-state index in [-0.39, 0.29) is 16.7 Å². The molecule has 174 valence electrons. The molecule has 7 nitrogen and oxygen atoms in total. The lowest BCUT2D eigenvalue weighted by molar-refractivity contribution is -0.138. The van der Waals surface area contributed by atoms with Crippen molar-refractivity contribution in [1.29, 1.82) is 5.26 Å². The molecule has 2 fully saturated rings. The molecule has 0 spiro atoms. The zero-order chi connectivity index (χ0) is 23.4. The third-order valence-electron chi connectivity index (χ3n) is 6.60. The van der Waals surface area contributed by atoms with Crippen LogP contribution in [0.5, 0.6) is 0 Å². The Hall–Kier alpha value is -2.73. The van der Waals surface area contributed by atoms with E-state index in [1.165, 1.54) is 39.7 Å². The fraction of sp³-hybridized carbons (Fsp3) is 0.440. The van der Waals surface area contributed by atoms with Crippen LogP contribution in [0.15, 0.2) is 53.4 Å². The van der Waals surface area contributed by atoms with E-state index in [9.17, 15) is 13.2 Å². The molecule has 2 heterocycles. The van der Waals surface area contributed by atoms with E-state index in [1.54, 1.807) is 0 Å². The molecular formula is C25H30N4O3S. The van der Waals surface area contributed by atoms with Gasteiger partial charge in [0, 0.05) is 51.7 Å². The van der Waals surface area contributed by atoms with Gasteiger partial charge in [0.05, 0.1) is 16.5 Å². The van der Waals surface area contributed by atoms with E-state index in [1.807, 2.05) is 11.0 Å². The van der Waals surface area contributed by atoms with Crippen LogP contribution in [0.3, 0.4) is 0 Å². The van der Waals surface area contributed by atoms with Crippen molar-refractivity contribution in [2.24, 2.45) is 5.92 Å². The maximum atomic E-state index is 13.1. The van der Waals surface area contributed by atoms with Crippen molar-refractivity contribution in [3.8, 4) is 6.07 Å².